The van der Waals surface area contributed by atoms with Gasteiger partial charge in [-0.25, -0.2) is 4.79 Å². The van der Waals surface area contributed by atoms with Gasteiger partial charge in [-0.1, -0.05) is 12.1 Å². The Hall–Kier alpha value is -1.53. The molecule has 1 radical (unpaired) electrons. The average molecular weight is 147 g/mol. The van der Waals surface area contributed by atoms with Crippen LogP contribution in [0.1, 0.15) is 0 Å². The van der Waals surface area contributed by atoms with Gasteiger partial charge in [0.2, 0.25) is 0 Å². The van der Waals surface area contributed by atoms with Gasteiger partial charge < -0.3 is 4.74 Å². The molecule has 0 aromatic heterocycles. The lowest BCUT2D eigenvalue weighted by Gasteiger charge is -1.99. The minimum atomic E-state index is 0.271. The molecular formula is C9H7O2. The maximum Gasteiger partial charge on any atom is 0.123 e. The fraction of sp³-hybridized carbons (Fsp3) is 0.111. The van der Waals surface area contributed by atoms with E-state index in [-0.39, 0.29) is 6.61 Å². The van der Waals surface area contributed by atoms with E-state index >= 15 is 0 Å². The number of rotatable bonds is 3. The number of hydrogen-bond acceptors (Lipinski definition) is 2. The van der Waals surface area contributed by atoms with Crippen LogP contribution >= 0.6 is 0 Å². The molecule has 0 saturated heterocycles. The van der Waals surface area contributed by atoms with E-state index in [4.69, 9.17) is 4.74 Å². The highest BCUT2D eigenvalue weighted by atomic mass is 16.5. The van der Waals surface area contributed by atoms with E-state index < -0.39 is 0 Å². The predicted molar refractivity (Wildman–Crippen MR) is 41.0 cm³/mol. The number of carbonyl (C=O) groups excluding carboxylic acids is 1. The summed E-state index contributed by atoms with van der Waals surface area (Å²) in [6.07, 6.45) is 1.29. The van der Waals surface area contributed by atoms with Crippen LogP contribution in [-0.4, -0.2) is 12.5 Å². The van der Waals surface area contributed by atoms with Gasteiger partial charge in [0.25, 0.3) is 0 Å². The van der Waals surface area contributed by atoms with Gasteiger partial charge in [0.05, 0.1) is 0 Å². The first-order chi connectivity index (χ1) is 5.43. The highest BCUT2D eigenvalue weighted by molar-refractivity contribution is 5.45. The largest absolute Gasteiger partial charge is 0.489 e. The van der Waals surface area contributed by atoms with E-state index in [0.29, 0.717) is 0 Å². The van der Waals surface area contributed by atoms with Gasteiger partial charge in [-0.05, 0) is 18.2 Å². The first kappa shape index (κ1) is 7.58. The number of ether oxygens (including phenoxy) is 1. The Balaban J connectivity index is 2.45. The van der Waals surface area contributed by atoms with Crippen LogP contribution in [0.2, 0.25) is 0 Å². The average Bonchev–Trinajstić information content (AvgIpc) is 2.07. The number of hydrogen-bond donors (Lipinski definition) is 0. The van der Waals surface area contributed by atoms with Gasteiger partial charge in [0, 0.05) is 6.08 Å². The molecule has 0 heterocycles. The lowest BCUT2D eigenvalue weighted by atomic mass is 10.3. The minimum Gasteiger partial charge on any atom is -0.489 e. The molecule has 0 bridgehead atoms. The Morgan fingerprint density at radius 1 is 1.55 bits per heavy atom. The molecule has 0 spiro atoms. The summed E-state index contributed by atoms with van der Waals surface area (Å²) in [4.78, 5) is 9.73. The molecule has 1 aromatic carbocycles. The fourth-order valence-corrected chi connectivity index (χ4v) is 0.640. The molecule has 0 saturated carbocycles. The highest BCUT2D eigenvalue weighted by Gasteiger charge is 1.86. The van der Waals surface area contributed by atoms with Crippen molar-refractivity contribution in [2.75, 3.05) is 6.61 Å². The van der Waals surface area contributed by atoms with Crippen molar-refractivity contribution in [1.82, 2.24) is 0 Å². The molecule has 55 valence electrons. The Bertz CT molecular complexity index is 248. The monoisotopic (exact) mass is 147 g/mol. The summed E-state index contributed by atoms with van der Waals surface area (Å²) in [6.45, 7) is 0.271. The van der Waals surface area contributed by atoms with Crippen molar-refractivity contribution in [2.24, 2.45) is 0 Å². The second kappa shape index (κ2) is 4.31. The second-order valence-electron chi connectivity index (χ2n) is 1.87. The zero-order valence-corrected chi connectivity index (χ0v) is 5.91. The van der Waals surface area contributed by atoms with Crippen molar-refractivity contribution >= 4 is 5.94 Å². The molecule has 0 aliphatic rings. The molecule has 2 heteroatoms. The van der Waals surface area contributed by atoms with Gasteiger partial charge in [0.1, 0.15) is 18.3 Å². The summed E-state index contributed by atoms with van der Waals surface area (Å²) in [5.74, 6) is 2.36. The summed E-state index contributed by atoms with van der Waals surface area (Å²) in [5.41, 5.74) is 0. The molecule has 0 N–H and O–H groups in total. The molecule has 0 aliphatic heterocycles. The third-order valence-electron chi connectivity index (χ3n) is 1.10. The summed E-state index contributed by atoms with van der Waals surface area (Å²) in [6, 6.07) is 9.91. The van der Waals surface area contributed by atoms with Crippen LogP contribution in [0.5, 0.6) is 5.75 Å². The maximum atomic E-state index is 9.73. The van der Waals surface area contributed by atoms with E-state index in [1.54, 1.807) is 30.2 Å². The minimum absolute atomic E-state index is 0.271. The van der Waals surface area contributed by atoms with Crippen LogP contribution in [0.3, 0.4) is 0 Å². The van der Waals surface area contributed by atoms with E-state index in [1.165, 1.54) is 6.08 Å². The molecule has 0 amide bonds. The van der Waals surface area contributed by atoms with Gasteiger partial charge in [-0.2, -0.15) is 0 Å². The smallest absolute Gasteiger partial charge is 0.123 e. The van der Waals surface area contributed by atoms with Gasteiger partial charge in [0.15, 0.2) is 0 Å². The van der Waals surface area contributed by atoms with E-state index in [2.05, 4.69) is 6.07 Å². The lowest BCUT2D eigenvalue weighted by Crippen LogP contribution is -1.92. The Morgan fingerprint density at radius 2 is 2.27 bits per heavy atom. The predicted octanol–water partition coefficient (Wildman–Crippen LogP) is 1.25. The van der Waals surface area contributed by atoms with Crippen LogP contribution in [0.25, 0.3) is 0 Å². The topological polar surface area (TPSA) is 26.3 Å². The van der Waals surface area contributed by atoms with Crippen molar-refractivity contribution in [3.05, 3.63) is 36.4 Å². The molecule has 11 heavy (non-hydrogen) atoms. The maximum absolute atomic E-state index is 9.73. The molecule has 1 aromatic rings. The van der Waals surface area contributed by atoms with Gasteiger partial charge in [-0.3, -0.25) is 0 Å². The zero-order valence-electron chi connectivity index (χ0n) is 5.91. The fourth-order valence-electron chi connectivity index (χ4n) is 0.640. The van der Waals surface area contributed by atoms with Crippen LogP contribution in [0.15, 0.2) is 30.3 Å². The van der Waals surface area contributed by atoms with E-state index in [9.17, 15) is 4.79 Å². The Kier molecular flexibility index (Phi) is 2.97. The summed E-state index contributed by atoms with van der Waals surface area (Å²) in [5, 5.41) is 0. The summed E-state index contributed by atoms with van der Waals surface area (Å²) in [7, 11) is 0. The van der Waals surface area contributed by atoms with Crippen LogP contribution in [-0.2, 0) is 4.79 Å². The lowest BCUT2D eigenvalue weighted by molar-refractivity contribution is 0.363. The van der Waals surface area contributed by atoms with Crippen LogP contribution in [0, 0.1) is 6.07 Å². The Labute approximate surface area is 65.1 Å². The third-order valence-corrected chi connectivity index (χ3v) is 1.10. The van der Waals surface area contributed by atoms with Gasteiger partial charge in [-0.15, -0.1) is 0 Å². The summed E-state index contributed by atoms with van der Waals surface area (Å²) >= 11 is 0. The van der Waals surface area contributed by atoms with Crippen molar-refractivity contribution in [2.45, 2.75) is 0 Å². The summed E-state index contributed by atoms with van der Waals surface area (Å²) < 4.78 is 5.11. The van der Waals surface area contributed by atoms with Crippen molar-refractivity contribution in [3.8, 4) is 5.75 Å². The molecule has 2 nitrogen and oxygen atoms in total. The second-order valence-corrected chi connectivity index (χ2v) is 1.87. The van der Waals surface area contributed by atoms with Gasteiger partial charge >= 0.3 is 0 Å². The molecular weight excluding hydrogens is 140 g/mol. The molecule has 0 atom stereocenters. The molecule has 0 aliphatic carbocycles. The van der Waals surface area contributed by atoms with Crippen LogP contribution < -0.4 is 4.74 Å². The van der Waals surface area contributed by atoms with E-state index in [1.807, 2.05) is 0 Å². The van der Waals surface area contributed by atoms with E-state index in [0.717, 1.165) is 5.75 Å². The van der Waals surface area contributed by atoms with Crippen molar-refractivity contribution < 1.29 is 9.53 Å². The molecule has 1 rings (SSSR count). The molecule has 0 fully saturated rings. The zero-order chi connectivity index (χ0) is 7.94. The Morgan fingerprint density at radius 3 is 2.91 bits per heavy atom. The van der Waals surface area contributed by atoms with Crippen molar-refractivity contribution in [1.29, 1.82) is 0 Å². The SMILES string of the molecule is O=C=CCOc1cc[c]cc1. The quantitative estimate of drug-likeness (QED) is 0.601. The number of benzene rings is 1. The molecule has 0 unspecified atom stereocenters. The first-order valence-electron chi connectivity index (χ1n) is 3.22. The highest BCUT2D eigenvalue weighted by Crippen LogP contribution is 2.06. The van der Waals surface area contributed by atoms with Crippen molar-refractivity contribution in [3.63, 3.8) is 0 Å². The normalized spacial score (nSPS) is 8.36. The first-order valence-corrected chi connectivity index (χ1v) is 3.22. The standard InChI is InChI=1S/C9H7O2/c10-7-4-8-11-9-5-2-1-3-6-9/h2-6H,8H2. The third kappa shape index (κ3) is 2.70. The van der Waals surface area contributed by atoms with Crippen LogP contribution in [0.4, 0.5) is 0 Å².